The zero-order valence-electron chi connectivity index (χ0n) is 11.7. The second-order valence-electron chi connectivity index (χ2n) is 5.39. The first-order valence-electron chi connectivity index (χ1n) is 6.97. The highest BCUT2D eigenvalue weighted by Crippen LogP contribution is 2.35. The number of nitrogens with one attached hydrogen (secondary N) is 1. The predicted octanol–water partition coefficient (Wildman–Crippen LogP) is 3.47. The Labute approximate surface area is 119 Å². The second-order valence-corrected chi connectivity index (χ2v) is 5.66. The van der Waals surface area contributed by atoms with Crippen LogP contribution in [0.4, 0.5) is 5.95 Å². The lowest BCUT2D eigenvalue weighted by molar-refractivity contribution is 0.277. The highest BCUT2D eigenvalue weighted by Gasteiger charge is 2.34. The molecule has 2 unspecified atom stereocenters. The molecule has 5 heteroatoms. The normalized spacial score (nSPS) is 27.0. The van der Waals surface area contributed by atoms with E-state index in [2.05, 4.69) is 22.2 Å². The highest BCUT2D eigenvalue weighted by molar-refractivity contribution is 6.18. The lowest BCUT2D eigenvalue weighted by Crippen LogP contribution is -2.44. The van der Waals surface area contributed by atoms with Gasteiger partial charge in [-0.15, -0.1) is 11.6 Å². The lowest BCUT2D eigenvalue weighted by Gasteiger charge is -2.39. The van der Waals surface area contributed by atoms with Gasteiger partial charge in [-0.2, -0.15) is 4.98 Å². The monoisotopic (exact) mass is 283 g/mol. The Kier molecular flexibility index (Phi) is 4.86. The van der Waals surface area contributed by atoms with Gasteiger partial charge in [-0.25, -0.2) is 4.98 Å². The average Bonchev–Trinajstić information content (AvgIpc) is 2.39. The molecule has 1 aromatic rings. The van der Waals surface area contributed by atoms with Gasteiger partial charge >= 0.3 is 0 Å². The Balaban J connectivity index is 2.11. The van der Waals surface area contributed by atoms with Crippen LogP contribution in [-0.4, -0.2) is 28.0 Å². The number of alkyl halides is 1. The van der Waals surface area contributed by atoms with Gasteiger partial charge in [0.05, 0.1) is 12.1 Å². The van der Waals surface area contributed by atoms with Crippen molar-refractivity contribution in [1.29, 1.82) is 0 Å². The van der Waals surface area contributed by atoms with Gasteiger partial charge in [0, 0.05) is 18.1 Å². The molecule has 2 atom stereocenters. The van der Waals surface area contributed by atoms with Crippen LogP contribution < -0.4 is 10.1 Å². The van der Waals surface area contributed by atoms with Crippen molar-refractivity contribution in [3.63, 3.8) is 0 Å². The van der Waals surface area contributed by atoms with Crippen LogP contribution in [0.25, 0.3) is 0 Å². The molecule has 1 saturated carbocycles. The van der Waals surface area contributed by atoms with Gasteiger partial charge in [-0.1, -0.05) is 19.8 Å². The van der Waals surface area contributed by atoms with Gasteiger partial charge in [0.25, 0.3) is 0 Å². The average molecular weight is 284 g/mol. The number of aromatic nitrogens is 2. The molecular weight excluding hydrogens is 262 g/mol. The maximum Gasteiger partial charge on any atom is 0.226 e. The van der Waals surface area contributed by atoms with Gasteiger partial charge in [-0.05, 0) is 25.7 Å². The van der Waals surface area contributed by atoms with Crippen molar-refractivity contribution >= 4 is 17.5 Å². The van der Waals surface area contributed by atoms with Crippen molar-refractivity contribution in [1.82, 2.24) is 9.97 Å². The molecule has 0 amide bonds. The minimum Gasteiger partial charge on any atom is -0.478 e. The van der Waals surface area contributed by atoms with Crippen LogP contribution in [0.2, 0.25) is 0 Å². The van der Waals surface area contributed by atoms with Crippen LogP contribution in [-0.2, 0) is 0 Å². The predicted molar refractivity (Wildman–Crippen MR) is 77.9 cm³/mol. The summed E-state index contributed by atoms with van der Waals surface area (Å²) in [7, 11) is 0. The molecule has 0 radical (unpaired) electrons. The summed E-state index contributed by atoms with van der Waals surface area (Å²) >= 11 is 6.20. The van der Waals surface area contributed by atoms with E-state index in [1.807, 2.05) is 6.92 Å². The Bertz CT molecular complexity index is 415. The van der Waals surface area contributed by atoms with Gasteiger partial charge in [0.1, 0.15) is 0 Å². The van der Waals surface area contributed by atoms with Crippen LogP contribution in [0.1, 0.15) is 39.5 Å². The number of rotatable bonds is 5. The molecule has 106 valence electrons. The number of ether oxygens (including phenoxy) is 1. The molecule has 19 heavy (non-hydrogen) atoms. The maximum absolute atomic E-state index is 6.20. The molecule has 1 aromatic heterocycles. The Morgan fingerprint density at radius 1 is 1.58 bits per heavy atom. The first-order chi connectivity index (χ1) is 9.17. The minimum atomic E-state index is -0.0793. The van der Waals surface area contributed by atoms with Gasteiger partial charge in [0.15, 0.2) is 0 Å². The number of hydrogen-bond acceptors (Lipinski definition) is 4. The largest absolute Gasteiger partial charge is 0.478 e. The van der Waals surface area contributed by atoms with Crippen molar-refractivity contribution in [2.24, 2.45) is 5.92 Å². The van der Waals surface area contributed by atoms with Crippen LogP contribution in [0.15, 0.2) is 12.3 Å². The van der Waals surface area contributed by atoms with E-state index in [1.54, 1.807) is 12.3 Å². The molecule has 2 rings (SSSR count). The summed E-state index contributed by atoms with van der Waals surface area (Å²) < 4.78 is 5.40. The molecule has 1 fully saturated rings. The fraction of sp³-hybridized carbons (Fsp3) is 0.714. The van der Waals surface area contributed by atoms with E-state index in [4.69, 9.17) is 16.3 Å². The topological polar surface area (TPSA) is 47.0 Å². The molecule has 0 spiro atoms. The van der Waals surface area contributed by atoms with E-state index >= 15 is 0 Å². The van der Waals surface area contributed by atoms with Crippen molar-refractivity contribution in [3.05, 3.63) is 12.3 Å². The number of anilines is 1. The second kappa shape index (κ2) is 6.42. The van der Waals surface area contributed by atoms with E-state index in [1.165, 1.54) is 12.8 Å². The van der Waals surface area contributed by atoms with Crippen molar-refractivity contribution in [2.75, 3.05) is 17.8 Å². The molecule has 0 bridgehead atoms. The van der Waals surface area contributed by atoms with E-state index in [9.17, 15) is 0 Å². The fourth-order valence-corrected chi connectivity index (χ4v) is 3.11. The lowest BCUT2D eigenvalue weighted by atomic mass is 9.77. The third-order valence-corrected chi connectivity index (χ3v) is 4.16. The highest BCUT2D eigenvalue weighted by atomic mass is 35.5. The number of hydrogen-bond donors (Lipinski definition) is 1. The van der Waals surface area contributed by atoms with Crippen molar-refractivity contribution in [3.8, 4) is 5.88 Å². The third kappa shape index (κ3) is 3.72. The van der Waals surface area contributed by atoms with Crippen LogP contribution in [0, 0.1) is 5.92 Å². The Hall–Kier alpha value is -1.03. The Morgan fingerprint density at radius 3 is 3.11 bits per heavy atom. The molecule has 0 aromatic carbocycles. The van der Waals surface area contributed by atoms with Gasteiger partial charge < -0.3 is 10.1 Å². The molecule has 0 aliphatic heterocycles. The molecule has 1 N–H and O–H groups in total. The molecular formula is C14H22ClN3O. The minimum absolute atomic E-state index is 0.0793. The Morgan fingerprint density at radius 2 is 2.42 bits per heavy atom. The number of nitrogens with zero attached hydrogens (tertiary/aromatic N) is 2. The van der Waals surface area contributed by atoms with Crippen molar-refractivity contribution < 1.29 is 4.74 Å². The van der Waals surface area contributed by atoms with E-state index in [-0.39, 0.29) is 5.54 Å². The fourth-order valence-electron chi connectivity index (χ4n) is 2.80. The van der Waals surface area contributed by atoms with Gasteiger partial charge in [-0.3, -0.25) is 0 Å². The smallest absolute Gasteiger partial charge is 0.226 e. The van der Waals surface area contributed by atoms with E-state index in [0.717, 1.165) is 12.8 Å². The standard InChI is InChI=1S/C14H22ClN3O/c1-3-19-12-6-8-16-13(17-12)18-14(10-15)7-4-5-11(2)9-14/h6,8,11H,3-5,7,9-10H2,1-2H3,(H,16,17,18). The summed E-state index contributed by atoms with van der Waals surface area (Å²) in [6.07, 6.45) is 6.34. The molecule has 1 aliphatic carbocycles. The first kappa shape index (κ1) is 14.4. The summed E-state index contributed by atoms with van der Waals surface area (Å²) in [5, 5.41) is 3.44. The van der Waals surface area contributed by atoms with E-state index in [0.29, 0.717) is 30.2 Å². The van der Waals surface area contributed by atoms with Crippen LogP contribution in [0.3, 0.4) is 0 Å². The SMILES string of the molecule is CCOc1ccnc(NC2(CCl)CCCC(C)C2)n1. The van der Waals surface area contributed by atoms with Gasteiger partial charge in [0.2, 0.25) is 11.8 Å². The summed E-state index contributed by atoms with van der Waals surface area (Å²) in [5.74, 6) is 2.49. The summed E-state index contributed by atoms with van der Waals surface area (Å²) in [6.45, 7) is 4.83. The molecule has 4 nitrogen and oxygen atoms in total. The van der Waals surface area contributed by atoms with Crippen LogP contribution >= 0.6 is 11.6 Å². The third-order valence-electron chi connectivity index (χ3n) is 3.65. The summed E-state index contributed by atoms with van der Waals surface area (Å²) in [5.41, 5.74) is -0.0793. The first-order valence-corrected chi connectivity index (χ1v) is 7.51. The molecule has 0 saturated heterocycles. The maximum atomic E-state index is 6.20. The molecule has 1 heterocycles. The zero-order valence-corrected chi connectivity index (χ0v) is 12.4. The zero-order chi connectivity index (χ0) is 13.7. The summed E-state index contributed by atoms with van der Waals surface area (Å²) in [4.78, 5) is 8.64. The van der Waals surface area contributed by atoms with Crippen molar-refractivity contribution in [2.45, 2.75) is 45.1 Å². The molecule has 1 aliphatic rings. The van der Waals surface area contributed by atoms with Crippen LogP contribution in [0.5, 0.6) is 5.88 Å². The summed E-state index contributed by atoms with van der Waals surface area (Å²) in [6, 6.07) is 1.77. The number of halogens is 1. The quantitative estimate of drug-likeness (QED) is 0.841. The van der Waals surface area contributed by atoms with E-state index < -0.39 is 0 Å².